The summed E-state index contributed by atoms with van der Waals surface area (Å²) in [6.07, 6.45) is 2.18. The van der Waals surface area contributed by atoms with E-state index in [2.05, 4.69) is 63.9 Å². The van der Waals surface area contributed by atoms with E-state index in [1.807, 2.05) is 36.4 Å². The molecule has 0 aliphatic rings. The number of benzene rings is 3. The molecule has 0 unspecified atom stereocenters. The van der Waals surface area contributed by atoms with E-state index < -0.39 is 0 Å². The van der Waals surface area contributed by atoms with Crippen molar-refractivity contribution in [3.63, 3.8) is 0 Å². The van der Waals surface area contributed by atoms with Crippen LogP contribution in [0.25, 0.3) is 23.9 Å². The standard InChI is InChI=1S/C13H17.C12H9.U/c1-4-11(2)10-12(3)13-8-6-5-7-9-13;1-9-7-8-10(2)12-6-4-3-5-11(9)12;/h6-9,12H,2,4,10H2,1,3H3;3-7H,1-2H2;/q2*-1;+2/t12-;;/m0../s1. The van der Waals surface area contributed by atoms with Crippen LogP contribution in [0.5, 0.6) is 0 Å². The van der Waals surface area contributed by atoms with Crippen LogP contribution < -0.4 is 10.4 Å². The molecule has 0 radical (unpaired) electrons. The largest absolute Gasteiger partial charge is 2.00 e. The predicted molar refractivity (Wildman–Crippen MR) is 111 cm³/mol. The summed E-state index contributed by atoms with van der Waals surface area (Å²) in [5.41, 5.74) is 2.72. The molecule has 0 spiro atoms. The van der Waals surface area contributed by atoms with Crippen molar-refractivity contribution in [1.29, 1.82) is 0 Å². The van der Waals surface area contributed by atoms with Crippen molar-refractivity contribution in [2.45, 2.75) is 32.6 Å². The second kappa shape index (κ2) is 11.2. The van der Waals surface area contributed by atoms with Gasteiger partial charge >= 0.3 is 31.1 Å². The van der Waals surface area contributed by atoms with Crippen LogP contribution in [-0.4, -0.2) is 0 Å². The third-order valence-corrected chi connectivity index (χ3v) is 4.43. The fraction of sp³-hybridized carbons (Fsp3) is 0.200. The molecule has 3 aromatic carbocycles. The molecule has 0 aliphatic heterocycles. The number of fused-ring (bicyclic) bond motifs is 1. The van der Waals surface area contributed by atoms with Gasteiger partial charge < -0.3 is 0 Å². The topological polar surface area (TPSA) is 0 Å². The molecule has 0 heterocycles. The van der Waals surface area contributed by atoms with Gasteiger partial charge in [0.05, 0.1) is 0 Å². The zero-order valence-corrected chi connectivity index (χ0v) is 20.0. The minimum Gasteiger partial charge on any atom is -0.184 e. The van der Waals surface area contributed by atoms with E-state index in [-0.39, 0.29) is 31.1 Å². The van der Waals surface area contributed by atoms with E-state index in [1.165, 1.54) is 16.5 Å². The van der Waals surface area contributed by atoms with Crippen LogP contribution in [0.2, 0.25) is 0 Å². The summed E-state index contributed by atoms with van der Waals surface area (Å²) in [6, 6.07) is 24.3. The third-order valence-electron chi connectivity index (χ3n) is 4.43. The van der Waals surface area contributed by atoms with Gasteiger partial charge in [-0.05, 0) is 18.8 Å². The SMILES string of the molecule is C=C(CC)C[C@H](C)c1cc[c-]cc1.C=c1[c-]cc(=C)c2ccccc12.[U+2]. The Hall–Kier alpha value is -1.55. The molecule has 0 saturated heterocycles. The van der Waals surface area contributed by atoms with Crippen LogP contribution in [-0.2, 0) is 0 Å². The summed E-state index contributed by atoms with van der Waals surface area (Å²) in [5, 5.41) is 4.27. The molecule has 0 fully saturated rings. The Bertz CT molecular complexity index is 877. The Morgan fingerprint density at radius 2 is 1.65 bits per heavy atom. The zero-order chi connectivity index (χ0) is 18.2. The van der Waals surface area contributed by atoms with Crippen LogP contribution in [0.15, 0.2) is 66.7 Å². The van der Waals surface area contributed by atoms with Gasteiger partial charge in [0.2, 0.25) is 0 Å². The van der Waals surface area contributed by atoms with Gasteiger partial charge in [0, 0.05) is 0 Å². The summed E-state index contributed by atoms with van der Waals surface area (Å²) in [7, 11) is 0. The van der Waals surface area contributed by atoms with Crippen LogP contribution >= 0.6 is 0 Å². The van der Waals surface area contributed by atoms with Gasteiger partial charge in [-0.25, -0.2) is 0 Å². The van der Waals surface area contributed by atoms with Gasteiger partial charge in [-0.1, -0.05) is 55.7 Å². The number of rotatable bonds is 4. The molecule has 0 nitrogen and oxygen atoms in total. The van der Waals surface area contributed by atoms with Crippen molar-refractivity contribution in [3.8, 4) is 0 Å². The molecule has 0 amide bonds. The minimum atomic E-state index is 0. The first-order valence-corrected chi connectivity index (χ1v) is 8.73. The quantitative estimate of drug-likeness (QED) is 0.294. The molecule has 26 heavy (non-hydrogen) atoms. The van der Waals surface area contributed by atoms with Gasteiger partial charge in [0.15, 0.2) is 0 Å². The van der Waals surface area contributed by atoms with Crippen LogP contribution in [0.4, 0.5) is 0 Å². The fourth-order valence-corrected chi connectivity index (χ4v) is 2.78. The average Bonchev–Trinajstić information content (AvgIpc) is 2.66. The van der Waals surface area contributed by atoms with Gasteiger partial charge in [0.25, 0.3) is 0 Å². The molecular weight excluding hydrogens is 538 g/mol. The second-order valence-electron chi connectivity index (χ2n) is 6.38. The van der Waals surface area contributed by atoms with Crippen LogP contribution in [0.3, 0.4) is 0 Å². The Kier molecular flexibility index (Phi) is 9.71. The molecule has 0 aliphatic carbocycles. The Labute approximate surface area is 181 Å². The average molecular weight is 565 g/mol. The Morgan fingerprint density at radius 3 is 2.23 bits per heavy atom. The molecular formula is C25H26U. The molecule has 0 saturated carbocycles. The first kappa shape index (κ1) is 22.5. The van der Waals surface area contributed by atoms with Crippen molar-refractivity contribution in [2.75, 3.05) is 0 Å². The predicted octanol–water partition coefficient (Wildman–Crippen LogP) is 5.41. The van der Waals surface area contributed by atoms with Crippen molar-refractivity contribution >= 4 is 23.9 Å². The molecule has 3 aromatic rings. The van der Waals surface area contributed by atoms with E-state index in [0.29, 0.717) is 5.92 Å². The normalized spacial score (nSPS) is 11.0. The van der Waals surface area contributed by atoms with Gasteiger partial charge in [-0.2, -0.15) is 42.5 Å². The molecule has 1 heteroatoms. The molecule has 0 aromatic heterocycles. The summed E-state index contributed by atoms with van der Waals surface area (Å²) in [4.78, 5) is 0. The van der Waals surface area contributed by atoms with Gasteiger partial charge in [-0.3, -0.25) is 0 Å². The van der Waals surface area contributed by atoms with E-state index in [9.17, 15) is 0 Å². The summed E-state index contributed by atoms with van der Waals surface area (Å²) < 4.78 is 0. The van der Waals surface area contributed by atoms with E-state index in [0.717, 1.165) is 28.7 Å². The van der Waals surface area contributed by atoms with Crippen molar-refractivity contribution in [3.05, 3.63) is 94.9 Å². The maximum atomic E-state index is 4.03. The molecule has 130 valence electrons. The van der Waals surface area contributed by atoms with E-state index >= 15 is 0 Å². The third kappa shape index (κ3) is 6.31. The van der Waals surface area contributed by atoms with Crippen molar-refractivity contribution < 1.29 is 31.1 Å². The first-order chi connectivity index (χ1) is 12.0. The maximum absolute atomic E-state index is 4.03. The van der Waals surface area contributed by atoms with Crippen molar-refractivity contribution in [2.24, 2.45) is 0 Å². The summed E-state index contributed by atoms with van der Waals surface area (Å²) in [5.74, 6) is 0.585. The Morgan fingerprint density at radius 1 is 1.04 bits per heavy atom. The van der Waals surface area contributed by atoms with Gasteiger partial charge in [0.1, 0.15) is 0 Å². The van der Waals surface area contributed by atoms with Crippen molar-refractivity contribution in [1.82, 2.24) is 0 Å². The second-order valence-corrected chi connectivity index (χ2v) is 6.38. The first-order valence-electron chi connectivity index (χ1n) is 8.73. The van der Waals surface area contributed by atoms with Crippen LogP contribution in [0.1, 0.15) is 38.2 Å². The van der Waals surface area contributed by atoms with Gasteiger partial charge in [-0.15, -0.1) is 34.5 Å². The van der Waals surface area contributed by atoms with Crippen LogP contribution in [0, 0.1) is 43.2 Å². The molecule has 0 bridgehead atoms. The minimum absolute atomic E-state index is 0. The molecule has 3 rings (SSSR count). The van der Waals surface area contributed by atoms with E-state index in [1.54, 1.807) is 0 Å². The summed E-state index contributed by atoms with van der Waals surface area (Å²) in [6.45, 7) is 16.3. The fourth-order valence-electron chi connectivity index (χ4n) is 2.78. The summed E-state index contributed by atoms with van der Waals surface area (Å²) >= 11 is 0. The molecule has 0 N–H and O–H groups in total. The molecule has 1 atom stereocenters. The smallest absolute Gasteiger partial charge is 0.184 e. The number of hydrogen-bond acceptors (Lipinski definition) is 0. The Balaban J connectivity index is 0.000000251. The number of hydrogen-bond donors (Lipinski definition) is 0. The monoisotopic (exact) mass is 564 g/mol. The zero-order valence-electron chi connectivity index (χ0n) is 15.8. The number of allylic oxidation sites excluding steroid dienone is 1. The van der Waals surface area contributed by atoms with E-state index in [4.69, 9.17) is 0 Å². The maximum Gasteiger partial charge on any atom is 2.00 e.